The van der Waals surface area contributed by atoms with Gasteiger partial charge in [0.15, 0.2) is 12.6 Å². The molecule has 13 nitrogen and oxygen atoms in total. The van der Waals surface area contributed by atoms with Gasteiger partial charge in [-0.2, -0.15) is 0 Å². The van der Waals surface area contributed by atoms with Crippen molar-refractivity contribution in [3.05, 3.63) is 12.2 Å². The first kappa shape index (κ1) is 39.9. The molecular weight excluding hydrogens is 664 g/mol. The smallest absolute Gasteiger partial charge is 0.187 e. The van der Waals surface area contributed by atoms with Crippen LogP contribution in [0, 0.1) is 46.3 Å². The van der Waals surface area contributed by atoms with Crippen molar-refractivity contribution in [2.24, 2.45) is 46.3 Å². The quantitative estimate of drug-likeness (QED) is 0.155. The fourth-order valence-electron chi connectivity index (χ4n) is 11.7. The average molecular weight is 729 g/mol. The molecule has 0 aromatic rings. The molecule has 0 amide bonds. The van der Waals surface area contributed by atoms with E-state index in [2.05, 4.69) is 26.8 Å². The van der Waals surface area contributed by atoms with E-state index in [0.29, 0.717) is 19.3 Å². The van der Waals surface area contributed by atoms with E-state index in [1.807, 2.05) is 19.9 Å². The van der Waals surface area contributed by atoms with Crippen molar-refractivity contribution in [2.45, 2.75) is 159 Å². The molecule has 4 unspecified atom stereocenters. The van der Waals surface area contributed by atoms with Crippen LogP contribution in [0.1, 0.15) is 79.6 Å². The van der Waals surface area contributed by atoms with Crippen LogP contribution in [0.4, 0.5) is 0 Å². The monoisotopic (exact) mass is 728 g/mol. The summed E-state index contributed by atoms with van der Waals surface area (Å²) in [6.07, 6.45) is -3.62. The van der Waals surface area contributed by atoms with Gasteiger partial charge < -0.3 is 64.5 Å². The van der Waals surface area contributed by atoms with Gasteiger partial charge in [0.2, 0.25) is 0 Å². The van der Waals surface area contributed by atoms with Crippen LogP contribution in [0.25, 0.3) is 0 Å². The fraction of sp³-hybridized carbons (Fsp3) is 0.947. The minimum Gasteiger partial charge on any atom is -0.393 e. The number of hydrogen-bond donors (Lipinski definition) is 8. The zero-order chi connectivity index (χ0) is 37.2. The van der Waals surface area contributed by atoms with Crippen LogP contribution in [0.15, 0.2) is 12.2 Å². The van der Waals surface area contributed by atoms with Gasteiger partial charge in [-0.15, -0.1) is 0 Å². The van der Waals surface area contributed by atoms with Gasteiger partial charge in [0.25, 0.3) is 0 Å². The highest BCUT2D eigenvalue weighted by Gasteiger charge is 2.70. The van der Waals surface area contributed by atoms with Crippen molar-refractivity contribution >= 4 is 0 Å². The molecule has 0 radical (unpaired) electrons. The molecule has 8 N–H and O–H groups in total. The van der Waals surface area contributed by atoms with Crippen LogP contribution in [0.3, 0.4) is 0 Å². The Hall–Kier alpha value is -0.780. The minimum atomic E-state index is -1.39. The fourth-order valence-corrected chi connectivity index (χ4v) is 11.7. The van der Waals surface area contributed by atoms with Gasteiger partial charge in [-0.05, 0) is 78.9 Å². The first-order valence-electron chi connectivity index (χ1n) is 19.2. The molecule has 2 aliphatic heterocycles. The largest absolute Gasteiger partial charge is 0.393 e. The normalized spacial score (nSPS) is 53.0. The number of hydrogen-bond acceptors (Lipinski definition) is 13. The first-order valence-corrected chi connectivity index (χ1v) is 19.2. The van der Waals surface area contributed by atoms with Gasteiger partial charge in [0, 0.05) is 19.4 Å². The molecule has 0 aromatic carbocycles. The summed E-state index contributed by atoms with van der Waals surface area (Å²) in [6.45, 7) is 10.1. The van der Waals surface area contributed by atoms with E-state index in [0.717, 1.165) is 19.3 Å². The molecule has 0 spiro atoms. The number of aliphatic hydroxyl groups excluding tert-OH is 7. The molecule has 51 heavy (non-hydrogen) atoms. The topological polar surface area (TPSA) is 208 Å². The van der Waals surface area contributed by atoms with Crippen molar-refractivity contribution in [2.75, 3.05) is 20.3 Å². The number of ether oxygens (including phenoxy) is 5. The predicted molar refractivity (Wildman–Crippen MR) is 183 cm³/mol. The molecule has 4 aliphatic carbocycles. The van der Waals surface area contributed by atoms with Crippen molar-refractivity contribution < 1.29 is 64.5 Å². The molecule has 13 heteroatoms. The number of fused-ring (bicyclic) bond motifs is 5. The van der Waals surface area contributed by atoms with Gasteiger partial charge in [-0.1, -0.05) is 46.8 Å². The van der Waals surface area contributed by atoms with Gasteiger partial charge in [0.1, 0.15) is 36.6 Å². The Bertz CT molecular complexity index is 1220. The van der Waals surface area contributed by atoms with Crippen LogP contribution in [0.5, 0.6) is 0 Å². The molecule has 6 rings (SSSR count). The molecule has 4 saturated carbocycles. The third-order valence-corrected chi connectivity index (χ3v) is 14.3. The Kier molecular flexibility index (Phi) is 11.8. The van der Waals surface area contributed by atoms with E-state index < -0.39 is 79.2 Å². The Morgan fingerprint density at radius 2 is 1.37 bits per heavy atom. The Labute approximate surface area is 301 Å². The first-order chi connectivity index (χ1) is 24.0. The van der Waals surface area contributed by atoms with Crippen LogP contribution >= 0.6 is 0 Å². The Morgan fingerprint density at radius 1 is 0.745 bits per heavy atom. The van der Waals surface area contributed by atoms with Crippen LogP contribution in [-0.2, 0) is 23.7 Å². The highest BCUT2D eigenvalue weighted by atomic mass is 16.8. The summed E-state index contributed by atoms with van der Waals surface area (Å²) in [5.74, 6) is -0.500. The van der Waals surface area contributed by atoms with E-state index in [1.165, 1.54) is 7.11 Å². The maximum atomic E-state index is 12.6. The maximum Gasteiger partial charge on any atom is 0.187 e. The Morgan fingerprint density at radius 3 is 2.02 bits per heavy atom. The third-order valence-electron chi connectivity index (χ3n) is 14.3. The second kappa shape index (κ2) is 15.0. The number of methoxy groups -OCH3 is 1. The van der Waals surface area contributed by atoms with Crippen LogP contribution in [0.2, 0.25) is 0 Å². The van der Waals surface area contributed by atoms with Gasteiger partial charge >= 0.3 is 0 Å². The highest BCUT2D eigenvalue weighted by molar-refractivity contribution is 5.21. The zero-order valence-electron chi connectivity index (χ0n) is 31.0. The van der Waals surface area contributed by atoms with Gasteiger partial charge in [-0.3, -0.25) is 0 Å². The van der Waals surface area contributed by atoms with E-state index >= 15 is 0 Å². The van der Waals surface area contributed by atoms with E-state index in [9.17, 15) is 40.9 Å². The summed E-state index contributed by atoms with van der Waals surface area (Å²) in [5.41, 5.74) is -1.89. The predicted octanol–water partition coefficient (Wildman–Crippen LogP) is 0.853. The highest BCUT2D eigenvalue weighted by Crippen LogP contribution is 2.69. The van der Waals surface area contributed by atoms with Crippen LogP contribution in [-0.4, -0.2) is 140 Å². The second-order valence-electron chi connectivity index (χ2n) is 17.7. The number of rotatable bonds is 9. The molecule has 20 atom stereocenters. The lowest BCUT2D eigenvalue weighted by atomic mass is 9.42. The maximum absolute atomic E-state index is 12.6. The average Bonchev–Trinajstić information content (AvgIpc) is 3.35. The summed E-state index contributed by atoms with van der Waals surface area (Å²) < 4.78 is 29.2. The molecule has 2 saturated heterocycles. The molecule has 294 valence electrons. The lowest BCUT2D eigenvalue weighted by molar-refractivity contribution is -0.349. The van der Waals surface area contributed by atoms with Crippen molar-refractivity contribution in [3.63, 3.8) is 0 Å². The summed E-state index contributed by atoms with van der Waals surface area (Å²) in [4.78, 5) is 0. The second-order valence-corrected chi connectivity index (χ2v) is 17.7. The summed E-state index contributed by atoms with van der Waals surface area (Å²) in [7, 11) is 1.35. The van der Waals surface area contributed by atoms with Crippen molar-refractivity contribution in [1.82, 2.24) is 0 Å². The standard InChI is InChI=1S/C38H64O13/c1-18(2)27(50-35-32(30(45)26(43)17-49-35)51-34-31(47-6)29(44)25(42)16-48-34)8-7-19(3)21-14-23(40)33-37(21,5)12-10-28-36(4)11-9-20(39)13-22(36)24(41)15-38(28,33)46/h7-8,18-35,39-46H,9-17H2,1-6H3/b8-7+/t19-,20+,21-,22?,23-,24+,25+,26+,27?,28?,29-,30-,31+,32+,33?,34-,35-,36+,37-,38+/m1/s1. The van der Waals surface area contributed by atoms with E-state index in [-0.39, 0.29) is 66.0 Å². The van der Waals surface area contributed by atoms with Gasteiger partial charge in [0.05, 0.1) is 43.2 Å². The SMILES string of the molecule is CO[C@@H]1[C@@H](O[C@@H]2[C@@H](OC(/C=C/[C@@H](C)[C@H]3C[C@@H](O)C4[C@]5(O)C[C@H](O)C6C[C@@H](O)CC[C@]6(C)C5CC[C@@]43C)C(C)C)OC[C@H](O)[C@H]2O)OC[C@H](O)[C@H]1O. The van der Waals surface area contributed by atoms with E-state index in [1.54, 1.807) is 0 Å². The van der Waals surface area contributed by atoms with E-state index in [4.69, 9.17) is 23.7 Å². The number of allylic oxidation sites excluding steroid dienone is 1. The number of aliphatic hydroxyl groups is 8. The summed E-state index contributed by atoms with van der Waals surface area (Å²) >= 11 is 0. The molecule has 0 bridgehead atoms. The van der Waals surface area contributed by atoms with Crippen LogP contribution < -0.4 is 0 Å². The van der Waals surface area contributed by atoms with Gasteiger partial charge in [-0.25, -0.2) is 0 Å². The molecule has 6 aliphatic rings. The summed E-state index contributed by atoms with van der Waals surface area (Å²) in [6, 6.07) is 0. The lowest BCUT2D eigenvalue weighted by Gasteiger charge is -2.66. The lowest BCUT2D eigenvalue weighted by Crippen LogP contribution is -2.68. The summed E-state index contributed by atoms with van der Waals surface area (Å²) in [5, 5.41) is 88.1. The Balaban J connectivity index is 1.17. The van der Waals surface area contributed by atoms with Crippen molar-refractivity contribution in [3.8, 4) is 0 Å². The molecule has 2 heterocycles. The molecule has 6 fully saturated rings. The molecule has 0 aromatic heterocycles. The zero-order valence-corrected chi connectivity index (χ0v) is 31.0. The third kappa shape index (κ3) is 7.00. The molecular formula is C38H64O13. The minimum absolute atomic E-state index is 0.000856. The van der Waals surface area contributed by atoms with Crippen molar-refractivity contribution in [1.29, 1.82) is 0 Å².